The van der Waals surface area contributed by atoms with E-state index in [1.165, 1.54) is 7.11 Å². The Bertz CT molecular complexity index is 446. The topological polar surface area (TPSA) is 70.8 Å². The number of benzene rings is 1. The lowest BCUT2D eigenvalue weighted by Gasteiger charge is -2.33. The van der Waals surface area contributed by atoms with Crippen molar-refractivity contribution in [3.05, 3.63) is 23.8 Å². The molecule has 1 heterocycles. The largest absolute Gasteiger partial charge is 0.493 e. The Hall–Kier alpha value is -1.75. The molecule has 1 aromatic rings. The maximum absolute atomic E-state index is 11.8. The number of esters is 1. The van der Waals surface area contributed by atoms with Crippen LogP contribution in [0.5, 0.6) is 11.5 Å². The van der Waals surface area contributed by atoms with Crippen LogP contribution in [-0.4, -0.2) is 26.8 Å². The van der Waals surface area contributed by atoms with Crippen molar-refractivity contribution in [1.29, 1.82) is 0 Å². The molecule has 0 fully saturated rings. The van der Waals surface area contributed by atoms with Gasteiger partial charge in [0.25, 0.3) is 0 Å². The Labute approximate surface area is 99.5 Å². The van der Waals surface area contributed by atoms with Crippen LogP contribution in [0.15, 0.2) is 18.2 Å². The van der Waals surface area contributed by atoms with Gasteiger partial charge in [0, 0.05) is 12.0 Å². The zero-order valence-electron chi connectivity index (χ0n) is 9.86. The summed E-state index contributed by atoms with van der Waals surface area (Å²) in [5.41, 5.74) is 5.59. The SMILES string of the molecule is COC(=O)C1(N)CCOc2c(OC)cccc21. The number of rotatable bonds is 2. The van der Waals surface area contributed by atoms with Crippen LogP contribution in [0.1, 0.15) is 12.0 Å². The van der Waals surface area contributed by atoms with E-state index in [2.05, 4.69) is 0 Å². The normalized spacial score (nSPS) is 22.3. The van der Waals surface area contributed by atoms with Gasteiger partial charge in [-0.2, -0.15) is 0 Å². The van der Waals surface area contributed by atoms with Crippen molar-refractivity contribution in [2.24, 2.45) is 5.73 Å². The molecule has 0 spiro atoms. The fourth-order valence-corrected chi connectivity index (χ4v) is 2.02. The van der Waals surface area contributed by atoms with E-state index >= 15 is 0 Å². The molecule has 2 rings (SSSR count). The number of hydrogen-bond donors (Lipinski definition) is 1. The predicted octanol–water partition coefficient (Wildman–Crippen LogP) is 0.805. The number of methoxy groups -OCH3 is 2. The zero-order valence-corrected chi connectivity index (χ0v) is 9.86. The number of hydrogen-bond acceptors (Lipinski definition) is 5. The van der Waals surface area contributed by atoms with Gasteiger partial charge >= 0.3 is 5.97 Å². The van der Waals surface area contributed by atoms with Crippen LogP contribution in [-0.2, 0) is 15.1 Å². The molecule has 0 amide bonds. The molecule has 0 radical (unpaired) electrons. The molecule has 0 bridgehead atoms. The smallest absolute Gasteiger partial charge is 0.330 e. The lowest BCUT2D eigenvalue weighted by Crippen LogP contribution is -2.49. The van der Waals surface area contributed by atoms with E-state index in [-0.39, 0.29) is 0 Å². The minimum Gasteiger partial charge on any atom is -0.493 e. The highest BCUT2D eigenvalue weighted by atomic mass is 16.5. The van der Waals surface area contributed by atoms with Gasteiger partial charge < -0.3 is 19.9 Å². The summed E-state index contributed by atoms with van der Waals surface area (Å²) in [6.45, 7) is 0.360. The summed E-state index contributed by atoms with van der Waals surface area (Å²) in [4.78, 5) is 11.8. The average Bonchev–Trinajstić information content (AvgIpc) is 2.37. The van der Waals surface area contributed by atoms with Crippen molar-refractivity contribution in [1.82, 2.24) is 0 Å². The zero-order chi connectivity index (χ0) is 12.5. The minimum absolute atomic E-state index is 0.360. The molecule has 5 heteroatoms. The third-order valence-electron chi connectivity index (χ3n) is 2.97. The minimum atomic E-state index is -1.16. The molecule has 2 N–H and O–H groups in total. The lowest BCUT2D eigenvalue weighted by atomic mass is 9.85. The maximum Gasteiger partial charge on any atom is 0.330 e. The second-order valence-electron chi connectivity index (χ2n) is 3.90. The van der Waals surface area contributed by atoms with Crippen LogP contribution < -0.4 is 15.2 Å². The standard InChI is InChI=1S/C12H15NO4/c1-15-9-5-3-4-8-10(9)17-7-6-12(8,13)11(14)16-2/h3-5H,6-7,13H2,1-2H3. The Morgan fingerprint density at radius 2 is 2.24 bits per heavy atom. The number of carbonyl (C=O) groups excluding carboxylic acids is 1. The van der Waals surface area contributed by atoms with Crippen molar-refractivity contribution < 1.29 is 19.0 Å². The van der Waals surface area contributed by atoms with Crippen LogP contribution in [0.3, 0.4) is 0 Å². The summed E-state index contributed by atoms with van der Waals surface area (Å²) in [5.74, 6) is 0.630. The Morgan fingerprint density at radius 1 is 1.47 bits per heavy atom. The molecule has 17 heavy (non-hydrogen) atoms. The fourth-order valence-electron chi connectivity index (χ4n) is 2.02. The number of ether oxygens (including phenoxy) is 3. The van der Waals surface area contributed by atoms with Crippen LogP contribution in [0.4, 0.5) is 0 Å². The molecular formula is C12H15NO4. The lowest BCUT2D eigenvalue weighted by molar-refractivity contribution is -0.148. The highest BCUT2D eigenvalue weighted by molar-refractivity contribution is 5.84. The average molecular weight is 237 g/mol. The quantitative estimate of drug-likeness (QED) is 0.770. The summed E-state index contributed by atoms with van der Waals surface area (Å²) in [5, 5.41) is 0. The number of carbonyl (C=O) groups is 1. The van der Waals surface area contributed by atoms with Gasteiger partial charge in [0.1, 0.15) is 5.54 Å². The molecule has 92 valence electrons. The first-order valence-electron chi connectivity index (χ1n) is 5.31. The van der Waals surface area contributed by atoms with E-state index in [1.54, 1.807) is 25.3 Å². The molecule has 0 aromatic heterocycles. The van der Waals surface area contributed by atoms with Crippen LogP contribution >= 0.6 is 0 Å². The van der Waals surface area contributed by atoms with Crippen molar-refractivity contribution in [3.63, 3.8) is 0 Å². The molecule has 1 aliphatic rings. The first-order valence-corrected chi connectivity index (χ1v) is 5.31. The summed E-state index contributed by atoms with van der Waals surface area (Å²) >= 11 is 0. The second-order valence-corrected chi connectivity index (χ2v) is 3.90. The van der Waals surface area contributed by atoms with Gasteiger partial charge in [0.2, 0.25) is 0 Å². The molecule has 0 aliphatic carbocycles. The molecule has 1 unspecified atom stereocenters. The molecule has 0 saturated heterocycles. The summed E-state index contributed by atoms with van der Waals surface area (Å²) in [7, 11) is 2.87. The molecule has 5 nitrogen and oxygen atoms in total. The second kappa shape index (κ2) is 4.25. The van der Waals surface area contributed by atoms with Crippen LogP contribution in [0.25, 0.3) is 0 Å². The van der Waals surface area contributed by atoms with Crippen molar-refractivity contribution in [2.45, 2.75) is 12.0 Å². The maximum atomic E-state index is 11.8. The molecule has 1 atom stereocenters. The Kier molecular flexibility index (Phi) is 2.93. The first kappa shape index (κ1) is 11.7. The van der Waals surface area contributed by atoms with Gasteiger partial charge in [-0.15, -0.1) is 0 Å². The van der Waals surface area contributed by atoms with Gasteiger partial charge in [-0.1, -0.05) is 12.1 Å². The van der Waals surface area contributed by atoms with E-state index in [9.17, 15) is 4.79 Å². The molecular weight excluding hydrogens is 222 g/mol. The Morgan fingerprint density at radius 3 is 2.88 bits per heavy atom. The van der Waals surface area contributed by atoms with Gasteiger partial charge in [-0.05, 0) is 6.07 Å². The van der Waals surface area contributed by atoms with E-state index in [0.29, 0.717) is 30.1 Å². The third-order valence-corrected chi connectivity index (χ3v) is 2.97. The summed E-state index contributed by atoms with van der Waals surface area (Å²) < 4.78 is 15.5. The molecule has 1 aliphatic heterocycles. The monoisotopic (exact) mass is 237 g/mol. The number of fused-ring (bicyclic) bond motifs is 1. The van der Waals surface area contributed by atoms with Gasteiger partial charge in [-0.3, -0.25) is 0 Å². The third kappa shape index (κ3) is 1.72. The fraction of sp³-hybridized carbons (Fsp3) is 0.417. The molecule has 1 aromatic carbocycles. The Balaban J connectivity index is 2.55. The predicted molar refractivity (Wildman–Crippen MR) is 61.0 cm³/mol. The molecule has 0 saturated carbocycles. The van der Waals surface area contributed by atoms with E-state index in [4.69, 9.17) is 19.9 Å². The van der Waals surface area contributed by atoms with Crippen LogP contribution in [0.2, 0.25) is 0 Å². The number of nitrogens with two attached hydrogens (primary N) is 1. The van der Waals surface area contributed by atoms with Gasteiger partial charge in [-0.25, -0.2) is 4.79 Å². The summed E-state index contributed by atoms with van der Waals surface area (Å²) in [6, 6.07) is 5.30. The van der Waals surface area contributed by atoms with Crippen LogP contribution in [0, 0.1) is 0 Å². The van der Waals surface area contributed by atoms with Crippen molar-refractivity contribution in [2.75, 3.05) is 20.8 Å². The van der Waals surface area contributed by atoms with E-state index in [1.807, 2.05) is 0 Å². The van der Waals surface area contributed by atoms with E-state index < -0.39 is 11.5 Å². The van der Waals surface area contributed by atoms with Crippen molar-refractivity contribution >= 4 is 5.97 Å². The van der Waals surface area contributed by atoms with E-state index in [0.717, 1.165) is 0 Å². The number of para-hydroxylation sites is 1. The highest BCUT2D eigenvalue weighted by Gasteiger charge is 2.43. The van der Waals surface area contributed by atoms with Gasteiger partial charge in [0.05, 0.1) is 20.8 Å². The van der Waals surface area contributed by atoms with Crippen molar-refractivity contribution in [3.8, 4) is 11.5 Å². The van der Waals surface area contributed by atoms with Gasteiger partial charge in [0.15, 0.2) is 11.5 Å². The highest BCUT2D eigenvalue weighted by Crippen LogP contribution is 2.41. The summed E-state index contributed by atoms with van der Waals surface area (Å²) in [6.07, 6.45) is 0.389. The first-order chi connectivity index (χ1) is 8.13.